The van der Waals surface area contributed by atoms with Crippen LogP contribution in [0.4, 0.5) is 0 Å². The van der Waals surface area contributed by atoms with E-state index in [0.717, 1.165) is 58.0 Å². The first-order chi connectivity index (χ1) is 15.7. The Hall–Kier alpha value is -0.686. The minimum absolute atomic E-state index is 0.0872. The third kappa shape index (κ3) is 12.0. The van der Waals surface area contributed by atoms with Crippen molar-refractivity contribution >= 4 is 18.3 Å². The molecule has 0 saturated carbocycles. The van der Waals surface area contributed by atoms with Crippen molar-refractivity contribution in [1.29, 1.82) is 0 Å². The maximum atomic E-state index is 6.70. The molecule has 0 aromatic rings. The van der Waals surface area contributed by atoms with Crippen LogP contribution in [0, 0.1) is 0 Å². The van der Waals surface area contributed by atoms with Crippen molar-refractivity contribution in [1.82, 2.24) is 0 Å². The topological polar surface area (TPSA) is 71.2 Å². The predicted octanol–water partition coefficient (Wildman–Crippen LogP) is 4.15. The van der Waals surface area contributed by atoms with Gasteiger partial charge >= 0.3 is 8.56 Å². The van der Waals surface area contributed by atoms with E-state index < -0.39 is 18.3 Å². The molecule has 2 fully saturated rings. The second kappa shape index (κ2) is 14.0. The molecule has 0 aromatic carbocycles. The molecule has 192 valence electrons. The first-order valence-corrected chi connectivity index (χ1v) is 16.4. The van der Waals surface area contributed by atoms with E-state index >= 15 is 0 Å². The van der Waals surface area contributed by atoms with Crippen LogP contribution in [-0.4, -0.2) is 74.9 Å². The zero-order valence-electron chi connectivity index (χ0n) is 21.5. The number of hydrogen-bond donors (Lipinski definition) is 0. The van der Waals surface area contributed by atoms with E-state index in [-0.39, 0.29) is 17.4 Å². The summed E-state index contributed by atoms with van der Waals surface area (Å²) >= 11 is 0. The van der Waals surface area contributed by atoms with Crippen LogP contribution in [0.5, 0.6) is 0 Å². The third-order valence-corrected chi connectivity index (χ3v) is 10.7. The lowest BCUT2D eigenvalue weighted by atomic mass is 9.92. The molecule has 0 bridgehead atoms. The number of epoxide rings is 2. The van der Waals surface area contributed by atoms with Gasteiger partial charge in [-0.25, -0.2) is 0 Å². The highest BCUT2D eigenvalue weighted by atomic mass is 28.4. The Balaban J connectivity index is 1.88. The van der Waals surface area contributed by atoms with Crippen molar-refractivity contribution in [3.8, 4) is 0 Å². The van der Waals surface area contributed by atoms with Crippen LogP contribution in [0.3, 0.4) is 0 Å². The third-order valence-electron chi connectivity index (χ3n) is 6.11. The summed E-state index contributed by atoms with van der Waals surface area (Å²) in [6.45, 7) is 21.8. The lowest BCUT2D eigenvalue weighted by molar-refractivity contribution is 0.0166. The minimum atomic E-state index is -2.48. The molecule has 2 rings (SSSR count). The Morgan fingerprint density at radius 3 is 2.15 bits per heavy atom. The van der Waals surface area contributed by atoms with Crippen molar-refractivity contribution in [2.45, 2.75) is 95.9 Å². The zero-order chi connectivity index (χ0) is 24.3. The molecule has 7 nitrogen and oxygen atoms in total. The lowest BCUT2D eigenvalue weighted by Crippen LogP contribution is -2.41. The van der Waals surface area contributed by atoms with Crippen LogP contribution in [-0.2, 0) is 32.2 Å². The maximum absolute atomic E-state index is 6.70. The summed E-state index contributed by atoms with van der Waals surface area (Å²) in [4.78, 5) is 0. The van der Waals surface area contributed by atoms with Crippen molar-refractivity contribution in [3.63, 3.8) is 0 Å². The van der Waals surface area contributed by atoms with Crippen molar-refractivity contribution < 1.29 is 32.2 Å². The highest BCUT2D eigenvalue weighted by Crippen LogP contribution is 2.28. The molecule has 0 aliphatic carbocycles. The highest BCUT2D eigenvalue weighted by molar-refractivity contribution is 6.66. The molecule has 2 heterocycles. The summed E-state index contributed by atoms with van der Waals surface area (Å²) in [5.74, 6) is 1.35. The van der Waals surface area contributed by atoms with Gasteiger partial charge in [0.25, 0.3) is 0 Å². The molecular formula is C24H46O7Si2. The Morgan fingerprint density at radius 2 is 1.64 bits per heavy atom. The second-order valence-electron chi connectivity index (χ2n) is 9.53. The molecule has 3 atom stereocenters. The van der Waals surface area contributed by atoms with Gasteiger partial charge in [-0.05, 0) is 46.0 Å². The van der Waals surface area contributed by atoms with Crippen LogP contribution < -0.4 is 0 Å². The van der Waals surface area contributed by atoms with Gasteiger partial charge in [-0.3, -0.25) is 0 Å². The van der Waals surface area contributed by atoms with E-state index in [1.807, 2.05) is 13.8 Å². The van der Waals surface area contributed by atoms with Crippen molar-refractivity contribution in [3.05, 3.63) is 24.7 Å². The number of hydrogen-bond acceptors (Lipinski definition) is 7. The predicted molar refractivity (Wildman–Crippen MR) is 135 cm³/mol. The van der Waals surface area contributed by atoms with E-state index in [1.165, 1.54) is 0 Å². The summed E-state index contributed by atoms with van der Waals surface area (Å²) in [5.41, 5.74) is -0.0174. The standard InChI is InChI=1S/C24H46O7Si2/c1-8-24(9-2,12-10-13-25-15-21-16-26-21)31-32-23(28-18-22-17-27-22)11-14-33(7,29-19(3)4)30-20(5)6/h21-23H,3,5,8-18,32H2,1-2,4,6-7H3. The first-order valence-electron chi connectivity index (χ1n) is 12.4. The maximum Gasteiger partial charge on any atom is 0.456 e. The lowest BCUT2D eigenvalue weighted by Gasteiger charge is -2.35. The molecule has 33 heavy (non-hydrogen) atoms. The van der Waals surface area contributed by atoms with Gasteiger partial charge in [-0.15, -0.1) is 0 Å². The molecule has 2 saturated heterocycles. The molecule has 0 amide bonds. The molecular weight excluding hydrogens is 456 g/mol. The number of allylic oxidation sites excluding steroid dienone is 2. The molecule has 3 unspecified atom stereocenters. The van der Waals surface area contributed by atoms with Gasteiger partial charge in [0.05, 0.1) is 49.3 Å². The van der Waals surface area contributed by atoms with Crippen LogP contribution in [0.15, 0.2) is 24.7 Å². The van der Waals surface area contributed by atoms with E-state index in [0.29, 0.717) is 30.8 Å². The SMILES string of the molecule is C=C(C)O[Si](C)(CCC(OCC1CO1)[SiH2]OC(CC)(CC)CCCOCC1CO1)OC(=C)C. The fraction of sp³-hybridized carbons (Fsp3) is 0.833. The van der Waals surface area contributed by atoms with Gasteiger partial charge in [-0.1, -0.05) is 27.0 Å². The largest absolute Gasteiger partial charge is 0.517 e. The molecule has 0 radical (unpaired) electrons. The van der Waals surface area contributed by atoms with Crippen LogP contribution >= 0.6 is 0 Å². The summed E-state index contributed by atoms with van der Waals surface area (Å²) in [5, 5.41) is 0. The highest BCUT2D eigenvalue weighted by Gasteiger charge is 2.38. The average molecular weight is 503 g/mol. The number of rotatable bonds is 21. The van der Waals surface area contributed by atoms with E-state index in [9.17, 15) is 0 Å². The van der Waals surface area contributed by atoms with E-state index in [1.54, 1.807) is 0 Å². The smallest absolute Gasteiger partial charge is 0.456 e. The minimum Gasteiger partial charge on any atom is -0.517 e. The van der Waals surface area contributed by atoms with Crippen LogP contribution in [0.25, 0.3) is 0 Å². The van der Waals surface area contributed by atoms with E-state index in [2.05, 4.69) is 33.6 Å². The summed E-state index contributed by atoms with van der Waals surface area (Å²) in [6, 6.07) is 0.793. The summed E-state index contributed by atoms with van der Waals surface area (Å²) in [7, 11) is -3.43. The van der Waals surface area contributed by atoms with Gasteiger partial charge in [0.2, 0.25) is 0 Å². The average Bonchev–Trinajstić information content (AvgIpc) is 3.65. The van der Waals surface area contributed by atoms with E-state index in [4.69, 9.17) is 32.2 Å². The molecule has 0 N–H and O–H groups in total. The van der Waals surface area contributed by atoms with Crippen LogP contribution in [0.2, 0.25) is 12.6 Å². The quantitative estimate of drug-likeness (QED) is 0.101. The van der Waals surface area contributed by atoms with Gasteiger partial charge in [0, 0.05) is 19.2 Å². The number of ether oxygens (including phenoxy) is 4. The Morgan fingerprint density at radius 1 is 1.06 bits per heavy atom. The van der Waals surface area contributed by atoms with Gasteiger partial charge in [0.1, 0.15) is 12.2 Å². The Bertz CT molecular complexity index is 588. The monoisotopic (exact) mass is 502 g/mol. The summed E-state index contributed by atoms with van der Waals surface area (Å²) in [6.07, 6.45) is 5.38. The van der Waals surface area contributed by atoms with Gasteiger partial charge < -0.3 is 32.2 Å². The molecule has 2 aliphatic rings. The molecule has 0 aromatic heterocycles. The van der Waals surface area contributed by atoms with Crippen LogP contribution in [0.1, 0.15) is 59.8 Å². The zero-order valence-corrected chi connectivity index (χ0v) is 23.9. The van der Waals surface area contributed by atoms with Gasteiger partial charge in [0.15, 0.2) is 9.76 Å². The Labute approximate surface area is 204 Å². The fourth-order valence-electron chi connectivity index (χ4n) is 3.93. The van der Waals surface area contributed by atoms with Gasteiger partial charge in [-0.2, -0.15) is 0 Å². The molecule has 2 aliphatic heterocycles. The van der Waals surface area contributed by atoms with Crippen molar-refractivity contribution in [2.75, 3.05) is 33.0 Å². The normalized spacial score (nSPS) is 21.2. The van der Waals surface area contributed by atoms with Crippen molar-refractivity contribution in [2.24, 2.45) is 0 Å². The molecule has 0 spiro atoms. The fourth-order valence-corrected chi connectivity index (χ4v) is 8.60. The Kier molecular flexibility index (Phi) is 12.1. The molecule has 9 heteroatoms. The summed E-state index contributed by atoms with van der Waals surface area (Å²) < 4.78 is 41.4. The second-order valence-corrected chi connectivity index (χ2v) is 14.2. The first kappa shape index (κ1) is 28.6.